The summed E-state index contributed by atoms with van der Waals surface area (Å²) in [4.78, 5) is 25.7. The summed E-state index contributed by atoms with van der Waals surface area (Å²) in [5.74, 6) is -0.993. The summed E-state index contributed by atoms with van der Waals surface area (Å²) in [6.45, 7) is 0. The minimum atomic E-state index is -3.07. The number of carbonyl (C=O) groups is 1. The van der Waals surface area contributed by atoms with Crippen LogP contribution in [0.3, 0.4) is 0 Å². The third-order valence-corrected chi connectivity index (χ3v) is 5.14. The molecule has 1 aliphatic rings. The van der Waals surface area contributed by atoms with Crippen LogP contribution in [0.25, 0.3) is 0 Å². The third-order valence-electron chi connectivity index (χ3n) is 3.10. The Morgan fingerprint density at radius 3 is 2.81 bits per heavy atom. The highest BCUT2D eigenvalue weighted by Gasteiger charge is 2.30. The lowest BCUT2D eigenvalue weighted by atomic mass is 10.1. The number of pyridine rings is 1. The van der Waals surface area contributed by atoms with Gasteiger partial charge in [-0.1, -0.05) is 11.6 Å². The van der Waals surface area contributed by atoms with Gasteiger partial charge in [-0.2, -0.15) is 0 Å². The number of amides is 1. The highest BCUT2D eigenvalue weighted by atomic mass is 35.5. The number of carbonyl (C=O) groups excluding carboxylic acids is 1. The van der Waals surface area contributed by atoms with Crippen LogP contribution < -0.4 is 5.32 Å². The van der Waals surface area contributed by atoms with E-state index in [4.69, 9.17) is 11.6 Å². The molecule has 1 aromatic rings. The van der Waals surface area contributed by atoms with Crippen LogP contribution in [-0.4, -0.2) is 35.7 Å². The summed E-state index contributed by atoms with van der Waals surface area (Å²) < 4.78 is 22.6. The number of sulfone groups is 1. The van der Waals surface area contributed by atoms with Gasteiger partial charge >= 0.3 is 5.69 Å². The fraction of sp³-hybridized carbons (Fsp3) is 0.455. The van der Waals surface area contributed by atoms with E-state index in [2.05, 4.69) is 10.3 Å². The molecule has 1 atom stereocenters. The van der Waals surface area contributed by atoms with Crippen LogP contribution in [0.2, 0.25) is 5.15 Å². The molecule has 2 rings (SSSR count). The second-order valence-electron chi connectivity index (χ2n) is 4.78. The Morgan fingerprint density at radius 1 is 1.52 bits per heavy atom. The van der Waals surface area contributed by atoms with Crippen molar-refractivity contribution in [2.75, 3.05) is 16.8 Å². The number of nitro groups is 1. The molecule has 1 unspecified atom stereocenters. The molecule has 0 aromatic carbocycles. The highest BCUT2D eigenvalue weighted by molar-refractivity contribution is 7.91. The zero-order valence-corrected chi connectivity index (χ0v) is 12.4. The van der Waals surface area contributed by atoms with E-state index in [1.807, 2.05) is 0 Å². The molecule has 0 spiro atoms. The van der Waals surface area contributed by atoms with Gasteiger partial charge in [-0.15, -0.1) is 0 Å². The van der Waals surface area contributed by atoms with Crippen molar-refractivity contribution in [1.29, 1.82) is 0 Å². The highest BCUT2D eigenvalue weighted by Crippen LogP contribution is 2.26. The number of halogens is 1. The van der Waals surface area contributed by atoms with Gasteiger partial charge < -0.3 is 5.32 Å². The Bertz CT molecular complexity index is 691. The average molecular weight is 334 g/mol. The first-order valence-corrected chi connectivity index (χ1v) is 8.28. The van der Waals surface area contributed by atoms with Crippen molar-refractivity contribution < 1.29 is 18.1 Å². The van der Waals surface area contributed by atoms with Crippen LogP contribution >= 0.6 is 11.6 Å². The second kappa shape index (κ2) is 5.94. The van der Waals surface area contributed by atoms with Gasteiger partial charge in [0.1, 0.15) is 5.15 Å². The van der Waals surface area contributed by atoms with E-state index in [-0.39, 0.29) is 40.5 Å². The Labute approximate surface area is 125 Å². The Hall–Kier alpha value is -1.74. The zero-order valence-electron chi connectivity index (χ0n) is 10.8. The summed E-state index contributed by atoms with van der Waals surface area (Å²) >= 11 is 5.65. The average Bonchev–Trinajstić information content (AvgIpc) is 2.67. The maximum absolute atomic E-state index is 11.9. The molecular weight excluding hydrogens is 322 g/mol. The summed E-state index contributed by atoms with van der Waals surface area (Å²) in [5.41, 5.74) is -0.369. The standard InChI is InChI=1S/C11H12ClN3O5S/c12-9-2-1-8(15(17)18)11(13-9)14-10(16)5-7-3-4-21(19,20)6-7/h1-2,7H,3-6H2,(H,13,14,16). The first kappa shape index (κ1) is 15.6. The molecule has 114 valence electrons. The maximum Gasteiger partial charge on any atom is 0.311 e. The number of anilines is 1. The second-order valence-corrected chi connectivity index (χ2v) is 7.40. The van der Waals surface area contributed by atoms with Crippen molar-refractivity contribution in [3.8, 4) is 0 Å². The lowest BCUT2D eigenvalue weighted by molar-refractivity contribution is -0.384. The van der Waals surface area contributed by atoms with Gasteiger partial charge in [0, 0.05) is 12.5 Å². The SMILES string of the molecule is O=C(CC1CCS(=O)(=O)C1)Nc1nc(Cl)ccc1[N+](=O)[O-]. The zero-order chi connectivity index (χ0) is 15.6. The van der Waals surface area contributed by atoms with Gasteiger partial charge in [0.2, 0.25) is 11.7 Å². The molecule has 10 heteroatoms. The van der Waals surface area contributed by atoms with Gasteiger partial charge in [-0.05, 0) is 18.4 Å². The molecule has 0 bridgehead atoms. The van der Waals surface area contributed by atoms with Gasteiger partial charge in [0.25, 0.3) is 0 Å². The molecule has 1 aromatic heterocycles. The van der Waals surface area contributed by atoms with Crippen LogP contribution in [0.15, 0.2) is 12.1 Å². The van der Waals surface area contributed by atoms with E-state index < -0.39 is 20.7 Å². The van der Waals surface area contributed by atoms with Crippen molar-refractivity contribution in [3.63, 3.8) is 0 Å². The summed E-state index contributed by atoms with van der Waals surface area (Å²) in [6.07, 6.45) is 0.394. The normalized spacial score (nSPS) is 20.1. The molecule has 1 saturated heterocycles. The molecule has 1 N–H and O–H groups in total. The Morgan fingerprint density at radius 2 is 2.24 bits per heavy atom. The lowest BCUT2D eigenvalue weighted by Gasteiger charge is -2.08. The van der Waals surface area contributed by atoms with Gasteiger partial charge in [-0.25, -0.2) is 13.4 Å². The molecule has 0 saturated carbocycles. The Kier molecular flexibility index (Phi) is 4.43. The van der Waals surface area contributed by atoms with Crippen LogP contribution in [0.5, 0.6) is 0 Å². The van der Waals surface area contributed by atoms with Crippen LogP contribution in [0, 0.1) is 16.0 Å². The van der Waals surface area contributed by atoms with E-state index >= 15 is 0 Å². The largest absolute Gasteiger partial charge is 0.311 e. The Balaban J connectivity index is 2.06. The molecule has 0 aliphatic carbocycles. The summed E-state index contributed by atoms with van der Waals surface area (Å²) in [7, 11) is -3.07. The number of nitrogens with zero attached hydrogens (tertiary/aromatic N) is 2. The smallest absolute Gasteiger partial charge is 0.305 e. The first-order valence-electron chi connectivity index (χ1n) is 6.08. The van der Waals surface area contributed by atoms with E-state index in [0.29, 0.717) is 6.42 Å². The monoisotopic (exact) mass is 333 g/mol. The molecule has 1 aliphatic heterocycles. The molecule has 8 nitrogen and oxygen atoms in total. The van der Waals surface area contributed by atoms with E-state index in [1.165, 1.54) is 6.07 Å². The minimum Gasteiger partial charge on any atom is -0.305 e. The predicted molar refractivity (Wildman–Crippen MR) is 75.9 cm³/mol. The molecule has 2 heterocycles. The van der Waals surface area contributed by atoms with Gasteiger partial charge in [-0.3, -0.25) is 14.9 Å². The van der Waals surface area contributed by atoms with Gasteiger partial charge in [0.05, 0.1) is 16.4 Å². The predicted octanol–water partition coefficient (Wildman–Crippen LogP) is 1.41. The van der Waals surface area contributed by atoms with Gasteiger partial charge in [0.15, 0.2) is 9.84 Å². The van der Waals surface area contributed by atoms with Crippen LogP contribution in [-0.2, 0) is 14.6 Å². The fourth-order valence-corrected chi connectivity index (χ4v) is 4.15. The molecule has 1 fully saturated rings. The molecule has 0 radical (unpaired) electrons. The third kappa shape index (κ3) is 4.11. The van der Waals surface area contributed by atoms with Crippen molar-refractivity contribution in [2.24, 2.45) is 5.92 Å². The van der Waals surface area contributed by atoms with Crippen LogP contribution in [0.1, 0.15) is 12.8 Å². The number of hydrogen-bond donors (Lipinski definition) is 1. The number of rotatable bonds is 4. The first-order chi connectivity index (χ1) is 9.77. The van der Waals surface area contributed by atoms with E-state index in [1.54, 1.807) is 0 Å². The summed E-state index contributed by atoms with van der Waals surface area (Å²) in [6, 6.07) is 2.39. The molecular formula is C11H12ClN3O5S. The lowest BCUT2D eigenvalue weighted by Crippen LogP contribution is -2.18. The minimum absolute atomic E-state index is 0.0133. The molecule has 21 heavy (non-hydrogen) atoms. The van der Waals surface area contributed by atoms with Crippen LogP contribution in [0.4, 0.5) is 11.5 Å². The van der Waals surface area contributed by atoms with E-state index in [0.717, 1.165) is 6.07 Å². The quantitative estimate of drug-likeness (QED) is 0.505. The topological polar surface area (TPSA) is 119 Å². The van der Waals surface area contributed by atoms with Crippen molar-refractivity contribution >= 4 is 38.9 Å². The van der Waals surface area contributed by atoms with Crippen molar-refractivity contribution in [1.82, 2.24) is 4.98 Å². The number of aromatic nitrogens is 1. The van der Waals surface area contributed by atoms with Crippen molar-refractivity contribution in [2.45, 2.75) is 12.8 Å². The van der Waals surface area contributed by atoms with E-state index in [9.17, 15) is 23.3 Å². The number of nitrogens with one attached hydrogen (secondary N) is 1. The number of hydrogen-bond acceptors (Lipinski definition) is 6. The summed E-state index contributed by atoms with van der Waals surface area (Å²) in [5, 5.41) is 13.2. The molecule has 1 amide bonds. The van der Waals surface area contributed by atoms with Crippen molar-refractivity contribution in [3.05, 3.63) is 27.4 Å². The fourth-order valence-electron chi connectivity index (χ4n) is 2.15. The maximum atomic E-state index is 11.9.